The number of nitrogens with one attached hydrogen (secondary N) is 2. The molecule has 0 aromatic heterocycles. The molecular formula is C14H15BrN4. The highest BCUT2D eigenvalue weighted by atomic mass is 79.9. The molecule has 2 N–H and O–H groups in total. The molecule has 0 bridgehead atoms. The zero-order valence-electron chi connectivity index (χ0n) is 11.1. The molecule has 1 aromatic carbocycles. The van der Waals surface area contributed by atoms with Crippen LogP contribution in [0.3, 0.4) is 0 Å². The standard InChI is InChI=1S/C14H15BrN4/c1-14(2)9-6-4-5-7-11(9)18-13(19(14)3)12(15)10(17)8-16/h4-7,17-18H,1-3H3/b13-12-,17-10?. The summed E-state index contributed by atoms with van der Waals surface area (Å²) < 4.78 is 0.472. The van der Waals surface area contributed by atoms with E-state index in [2.05, 4.69) is 41.2 Å². The summed E-state index contributed by atoms with van der Waals surface area (Å²) in [4.78, 5) is 2.03. The van der Waals surface area contributed by atoms with E-state index in [9.17, 15) is 0 Å². The van der Waals surface area contributed by atoms with E-state index in [1.165, 1.54) is 5.56 Å². The topological polar surface area (TPSA) is 62.9 Å². The van der Waals surface area contributed by atoms with Gasteiger partial charge in [0, 0.05) is 18.3 Å². The number of rotatable bonds is 1. The summed E-state index contributed by atoms with van der Waals surface area (Å²) in [6.07, 6.45) is 0. The van der Waals surface area contributed by atoms with Gasteiger partial charge in [-0.25, -0.2) is 0 Å². The van der Waals surface area contributed by atoms with Crippen molar-refractivity contribution in [3.63, 3.8) is 0 Å². The average Bonchev–Trinajstić information content (AvgIpc) is 2.41. The Morgan fingerprint density at radius 1 is 1.42 bits per heavy atom. The molecule has 19 heavy (non-hydrogen) atoms. The molecule has 0 spiro atoms. The third kappa shape index (κ3) is 2.13. The van der Waals surface area contributed by atoms with E-state index < -0.39 is 0 Å². The molecule has 0 atom stereocenters. The molecule has 0 saturated heterocycles. The van der Waals surface area contributed by atoms with E-state index in [1.807, 2.05) is 36.2 Å². The van der Waals surface area contributed by atoms with Crippen LogP contribution in [0.25, 0.3) is 0 Å². The van der Waals surface area contributed by atoms with Crippen LogP contribution in [0.1, 0.15) is 19.4 Å². The lowest BCUT2D eigenvalue weighted by atomic mass is 9.89. The fourth-order valence-electron chi connectivity index (χ4n) is 2.17. The second-order valence-electron chi connectivity index (χ2n) is 4.94. The van der Waals surface area contributed by atoms with Crippen molar-refractivity contribution < 1.29 is 0 Å². The van der Waals surface area contributed by atoms with Crippen molar-refractivity contribution in [2.75, 3.05) is 12.4 Å². The van der Waals surface area contributed by atoms with Gasteiger partial charge in [-0.3, -0.25) is 5.41 Å². The van der Waals surface area contributed by atoms with Gasteiger partial charge in [-0.15, -0.1) is 0 Å². The molecular weight excluding hydrogens is 304 g/mol. The molecule has 0 unspecified atom stereocenters. The van der Waals surface area contributed by atoms with Gasteiger partial charge in [-0.1, -0.05) is 18.2 Å². The number of hydrogen-bond donors (Lipinski definition) is 2. The Morgan fingerprint density at radius 3 is 2.68 bits per heavy atom. The van der Waals surface area contributed by atoms with E-state index in [4.69, 9.17) is 10.7 Å². The lowest BCUT2D eigenvalue weighted by Crippen LogP contribution is -2.44. The predicted octanol–water partition coefficient (Wildman–Crippen LogP) is 3.39. The van der Waals surface area contributed by atoms with Gasteiger partial charge in [0.25, 0.3) is 0 Å². The lowest BCUT2D eigenvalue weighted by molar-refractivity contribution is 0.202. The molecule has 98 valence electrons. The SMILES string of the molecule is CN1/C(=C(\Br)C(=N)C#N)Nc2ccccc2C1(C)C. The zero-order chi connectivity index (χ0) is 14.2. The highest BCUT2D eigenvalue weighted by Gasteiger charge is 2.35. The summed E-state index contributed by atoms with van der Waals surface area (Å²) in [6.45, 7) is 4.23. The van der Waals surface area contributed by atoms with Gasteiger partial charge in [0.05, 0.1) is 10.0 Å². The molecule has 0 saturated carbocycles. The van der Waals surface area contributed by atoms with Gasteiger partial charge >= 0.3 is 0 Å². The zero-order valence-corrected chi connectivity index (χ0v) is 12.7. The van der Waals surface area contributed by atoms with E-state index in [0.29, 0.717) is 4.48 Å². The second-order valence-corrected chi connectivity index (χ2v) is 5.73. The van der Waals surface area contributed by atoms with Crippen LogP contribution in [-0.2, 0) is 5.54 Å². The fraction of sp³-hybridized carbons (Fsp3) is 0.286. The van der Waals surface area contributed by atoms with Crippen molar-refractivity contribution >= 4 is 27.3 Å². The monoisotopic (exact) mass is 318 g/mol. The number of fused-ring (bicyclic) bond motifs is 1. The van der Waals surface area contributed by atoms with E-state index in [1.54, 1.807) is 0 Å². The number of allylic oxidation sites excluding steroid dienone is 1. The first-order chi connectivity index (χ1) is 8.89. The number of nitrogens with zero attached hydrogens (tertiary/aromatic N) is 2. The Kier molecular flexibility index (Phi) is 3.38. The number of hydrogen-bond acceptors (Lipinski definition) is 4. The van der Waals surface area contributed by atoms with Crippen molar-refractivity contribution in [2.45, 2.75) is 19.4 Å². The van der Waals surface area contributed by atoms with E-state index >= 15 is 0 Å². The average molecular weight is 319 g/mol. The highest BCUT2D eigenvalue weighted by Crippen LogP contribution is 2.40. The summed E-state index contributed by atoms with van der Waals surface area (Å²) in [5, 5.41) is 19.8. The molecule has 1 aromatic rings. The first-order valence-corrected chi connectivity index (χ1v) is 6.68. The Bertz CT molecular complexity index is 610. The molecule has 4 nitrogen and oxygen atoms in total. The summed E-state index contributed by atoms with van der Waals surface area (Å²) >= 11 is 3.34. The number of halogens is 1. The Hall–Kier alpha value is -1.80. The van der Waals surface area contributed by atoms with Gasteiger partial charge in [0.1, 0.15) is 17.6 Å². The third-order valence-electron chi connectivity index (χ3n) is 3.55. The van der Waals surface area contributed by atoms with Gasteiger partial charge < -0.3 is 10.2 Å². The van der Waals surface area contributed by atoms with Crippen LogP contribution >= 0.6 is 15.9 Å². The lowest BCUT2D eigenvalue weighted by Gasteiger charge is -2.45. The molecule has 0 radical (unpaired) electrons. The van der Waals surface area contributed by atoms with Gasteiger partial charge in [-0.2, -0.15) is 5.26 Å². The summed E-state index contributed by atoms with van der Waals surface area (Å²) in [5.74, 6) is 0.732. The molecule has 0 aliphatic carbocycles. The molecule has 1 aliphatic rings. The Labute approximate surface area is 121 Å². The number of nitriles is 1. The molecule has 1 aliphatic heterocycles. The van der Waals surface area contributed by atoms with Crippen LogP contribution in [0, 0.1) is 16.7 Å². The summed E-state index contributed by atoms with van der Waals surface area (Å²) in [7, 11) is 1.95. The van der Waals surface area contributed by atoms with E-state index in [-0.39, 0.29) is 11.3 Å². The molecule has 5 heteroatoms. The maximum Gasteiger partial charge on any atom is 0.150 e. The first-order valence-electron chi connectivity index (χ1n) is 5.88. The van der Waals surface area contributed by atoms with Crippen LogP contribution < -0.4 is 5.32 Å². The maximum atomic E-state index is 8.86. The molecule has 1 heterocycles. The molecule has 0 fully saturated rings. The van der Waals surface area contributed by atoms with Crippen molar-refractivity contribution in [3.8, 4) is 6.07 Å². The predicted molar refractivity (Wildman–Crippen MR) is 80.1 cm³/mol. The van der Waals surface area contributed by atoms with Crippen molar-refractivity contribution in [1.82, 2.24) is 4.90 Å². The fourth-order valence-corrected chi connectivity index (χ4v) is 2.62. The van der Waals surface area contributed by atoms with Gasteiger partial charge in [0.2, 0.25) is 0 Å². The number of para-hydroxylation sites is 1. The van der Waals surface area contributed by atoms with E-state index in [0.717, 1.165) is 11.5 Å². The van der Waals surface area contributed by atoms with Crippen LogP contribution in [-0.4, -0.2) is 17.7 Å². The van der Waals surface area contributed by atoms with Crippen LogP contribution in [0.2, 0.25) is 0 Å². The van der Waals surface area contributed by atoms with Gasteiger partial charge in [0.15, 0.2) is 0 Å². The third-order valence-corrected chi connectivity index (χ3v) is 4.32. The van der Waals surface area contributed by atoms with Crippen molar-refractivity contribution in [3.05, 3.63) is 40.1 Å². The van der Waals surface area contributed by atoms with Crippen LogP contribution in [0.5, 0.6) is 0 Å². The van der Waals surface area contributed by atoms with Crippen LogP contribution in [0.4, 0.5) is 5.69 Å². The highest BCUT2D eigenvalue weighted by molar-refractivity contribution is 9.12. The maximum absolute atomic E-state index is 8.86. The smallest absolute Gasteiger partial charge is 0.150 e. The number of benzene rings is 1. The minimum absolute atomic E-state index is 0.0930. The Balaban J connectivity index is 2.61. The van der Waals surface area contributed by atoms with Crippen LogP contribution in [0.15, 0.2) is 34.6 Å². The Morgan fingerprint density at radius 2 is 2.05 bits per heavy atom. The quantitative estimate of drug-likeness (QED) is 0.780. The summed E-state index contributed by atoms with van der Waals surface area (Å²) in [6, 6.07) is 9.91. The minimum atomic E-state index is -0.216. The minimum Gasteiger partial charge on any atom is -0.351 e. The van der Waals surface area contributed by atoms with Gasteiger partial charge in [-0.05, 0) is 35.8 Å². The normalized spacial score (nSPS) is 19.0. The largest absolute Gasteiger partial charge is 0.351 e. The first kappa shape index (κ1) is 13.6. The molecule has 2 rings (SSSR count). The number of anilines is 1. The second kappa shape index (κ2) is 4.71. The summed E-state index contributed by atoms with van der Waals surface area (Å²) in [5.41, 5.74) is 1.88. The van der Waals surface area contributed by atoms with Crippen molar-refractivity contribution in [2.24, 2.45) is 0 Å². The van der Waals surface area contributed by atoms with Crippen molar-refractivity contribution in [1.29, 1.82) is 10.7 Å². The molecule has 0 amide bonds.